The Balaban J connectivity index is 2.07. The average Bonchev–Trinajstić information content (AvgIpc) is 2.55. The minimum Gasteiger partial charge on any atom is -0.440 e. The lowest BCUT2D eigenvalue weighted by Gasteiger charge is -2.33. The highest BCUT2D eigenvalue weighted by Gasteiger charge is 2.39. The fourth-order valence-electron chi connectivity index (χ4n) is 2.49. The Morgan fingerprint density at radius 1 is 1.36 bits per heavy atom. The van der Waals surface area contributed by atoms with Crippen LogP contribution in [0.5, 0.6) is 0 Å². The number of ether oxygens (including phenoxy) is 2. The fourth-order valence-corrected chi connectivity index (χ4v) is 2.49. The number of non-ortho nitro benzene ring substituents is 1. The smallest absolute Gasteiger partial charge is 0.339 e. The Labute approximate surface area is 127 Å². The third kappa shape index (κ3) is 3.40. The van der Waals surface area contributed by atoms with Crippen LogP contribution in [0.1, 0.15) is 36.0 Å². The van der Waals surface area contributed by atoms with Gasteiger partial charge in [0.25, 0.3) is 5.69 Å². The molecule has 0 unspecified atom stereocenters. The van der Waals surface area contributed by atoms with Crippen LogP contribution in [0.3, 0.4) is 0 Å². The Morgan fingerprint density at radius 2 is 1.95 bits per heavy atom. The Kier molecular flexibility index (Phi) is 4.73. The van der Waals surface area contributed by atoms with Gasteiger partial charge in [-0.3, -0.25) is 10.1 Å². The summed E-state index contributed by atoms with van der Waals surface area (Å²) in [4.78, 5) is 22.2. The first-order valence-corrected chi connectivity index (χ1v) is 6.91. The molecule has 1 aliphatic rings. The third-order valence-corrected chi connectivity index (χ3v) is 3.88. The first kappa shape index (κ1) is 15.9. The van der Waals surface area contributed by atoms with Crippen LogP contribution in [0.4, 0.5) is 5.69 Å². The molecule has 0 N–H and O–H groups in total. The van der Waals surface area contributed by atoms with Crippen molar-refractivity contribution in [2.24, 2.45) is 0 Å². The van der Waals surface area contributed by atoms with Crippen LogP contribution in [-0.4, -0.2) is 29.7 Å². The summed E-state index contributed by atoms with van der Waals surface area (Å²) in [7, 11) is 1.62. The fraction of sp³-hybridized carbons (Fsp3) is 0.467. The molecule has 1 aliphatic carbocycles. The molecule has 0 aromatic heterocycles. The van der Waals surface area contributed by atoms with Crippen LogP contribution in [0, 0.1) is 21.4 Å². The quantitative estimate of drug-likeness (QED) is 0.481. The number of rotatable bonds is 4. The predicted octanol–water partition coefficient (Wildman–Crippen LogP) is 2.60. The molecule has 0 atom stereocenters. The molecule has 1 aromatic rings. The number of nitro groups is 1. The van der Waals surface area contributed by atoms with Crippen LogP contribution in [0.2, 0.25) is 0 Å². The van der Waals surface area contributed by atoms with E-state index in [1.54, 1.807) is 7.11 Å². The first-order chi connectivity index (χ1) is 10.5. The monoisotopic (exact) mass is 304 g/mol. The zero-order valence-corrected chi connectivity index (χ0v) is 12.2. The van der Waals surface area contributed by atoms with Gasteiger partial charge >= 0.3 is 5.97 Å². The highest BCUT2D eigenvalue weighted by molar-refractivity contribution is 5.90. The molecule has 0 saturated heterocycles. The molecule has 7 heteroatoms. The highest BCUT2D eigenvalue weighted by Crippen LogP contribution is 2.33. The average molecular weight is 304 g/mol. The zero-order chi connectivity index (χ0) is 16.2. The molecule has 0 radical (unpaired) electrons. The molecule has 0 spiro atoms. The number of hydrogen-bond acceptors (Lipinski definition) is 6. The van der Waals surface area contributed by atoms with Crippen molar-refractivity contribution in [3.8, 4) is 6.07 Å². The van der Waals surface area contributed by atoms with E-state index in [0.29, 0.717) is 25.7 Å². The van der Waals surface area contributed by atoms with Crippen LogP contribution in [-0.2, 0) is 9.47 Å². The molecule has 1 saturated carbocycles. The van der Waals surface area contributed by atoms with E-state index in [9.17, 15) is 20.2 Å². The van der Waals surface area contributed by atoms with Gasteiger partial charge in [0.1, 0.15) is 6.07 Å². The largest absolute Gasteiger partial charge is 0.440 e. The number of nitriles is 1. The summed E-state index contributed by atoms with van der Waals surface area (Å²) in [5.41, 5.74) is -1.06. The highest BCUT2D eigenvalue weighted by atomic mass is 16.6. The molecule has 0 aliphatic heterocycles. The van der Waals surface area contributed by atoms with Gasteiger partial charge in [0, 0.05) is 32.1 Å². The van der Waals surface area contributed by atoms with Crippen molar-refractivity contribution in [1.82, 2.24) is 0 Å². The molecule has 0 bridgehead atoms. The summed E-state index contributed by atoms with van der Waals surface area (Å²) in [5, 5.41) is 19.9. The number of nitrogens with zero attached hydrogens (tertiary/aromatic N) is 2. The molecule has 1 aromatic carbocycles. The van der Waals surface area contributed by atoms with Crippen molar-refractivity contribution >= 4 is 11.7 Å². The summed E-state index contributed by atoms with van der Waals surface area (Å²) in [6.45, 7) is 0. The second kappa shape index (κ2) is 6.54. The molecule has 1 fully saturated rings. The summed E-state index contributed by atoms with van der Waals surface area (Å²) >= 11 is 0. The van der Waals surface area contributed by atoms with Crippen molar-refractivity contribution in [3.63, 3.8) is 0 Å². The molecule has 0 heterocycles. The number of hydrogen-bond donors (Lipinski definition) is 0. The maximum Gasteiger partial charge on any atom is 0.339 e. The minimum atomic E-state index is -1.14. The number of esters is 1. The lowest BCUT2D eigenvalue weighted by molar-refractivity contribution is -0.384. The van der Waals surface area contributed by atoms with Crippen LogP contribution in [0.15, 0.2) is 24.3 Å². The SMILES string of the molecule is COC1CCC(C#N)(OC(=O)c2ccc([N+](=O)[O-])cc2)CC1. The molecule has 0 amide bonds. The summed E-state index contributed by atoms with van der Waals surface area (Å²) in [5.74, 6) is -0.646. The van der Waals surface area contributed by atoms with Gasteiger partial charge in [-0.1, -0.05) is 0 Å². The van der Waals surface area contributed by atoms with Gasteiger partial charge in [-0.2, -0.15) is 5.26 Å². The van der Waals surface area contributed by atoms with E-state index in [-0.39, 0.29) is 17.4 Å². The predicted molar refractivity (Wildman–Crippen MR) is 76.1 cm³/mol. The number of carbonyl (C=O) groups excluding carboxylic acids is 1. The second-order valence-corrected chi connectivity index (χ2v) is 5.23. The van der Waals surface area contributed by atoms with Crippen molar-refractivity contribution in [2.45, 2.75) is 37.4 Å². The van der Waals surface area contributed by atoms with Crippen molar-refractivity contribution in [1.29, 1.82) is 5.26 Å². The molecular formula is C15H16N2O5. The van der Waals surface area contributed by atoms with Crippen molar-refractivity contribution < 1.29 is 19.2 Å². The van der Waals surface area contributed by atoms with E-state index < -0.39 is 16.5 Å². The van der Waals surface area contributed by atoms with E-state index in [1.807, 2.05) is 0 Å². The minimum absolute atomic E-state index is 0.0829. The standard InChI is InChI=1S/C15H16N2O5/c1-21-13-6-8-15(10-16,9-7-13)22-14(18)11-2-4-12(5-3-11)17(19)20/h2-5,13H,6-9H2,1H3. The second-order valence-electron chi connectivity index (χ2n) is 5.23. The number of carbonyl (C=O) groups is 1. The van der Waals surface area contributed by atoms with E-state index in [0.717, 1.165) is 0 Å². The topological polar surface area (TPSA) is 102 Å². The Hall–Kier alpha value is -2.46. The van der Waals surface area contributed by atoms with E-state index >= 15 is 0 Å². The van der Waals surface area contributed by atoms with Crippen LogP contribution < -0.4 is 0 Å². The summed E-state index contributed by atoms with van der Waals surface area (Å²) in [6.07, 6.45) is 2.22. The van der Waals surface area contributed by atoms with Crippen molar-refractivity contribution in [3.05, 3.63) is 39.9 Å². The first-order valence-electron chi connectivity index (χ1n) is 6.91. The molecule has 116 valence electrons. The van der Waals surface area contributed by atoms with Gasteiger partial charge in [0.2, 0.25) is 0 Å². The van der Waals surface area contributed by atoms with Crippen LogP contribution >= 0.6 is 0 Å². The maximum absolute atomic E-state index is 12.1. The Morgan fingerprint density at radius 3 is 2.41 bits per heavy atom. The van der Waals surface area contributed by atoms with Gasteiger partial charge < -0.3 is 9.47 Å². The molecular weight excluding hydrogens is 288 g/mol. The Bertz CT molecular complexity index is 597. The van der Waals surface area contributed by atoms with Gasteiger partial charge in [-0.25, -0.2) is 4.79 Å². The summed E-state index contributed by atoms with van der Waals surface area (Å²) < 4.78 is 10.6. The third-order valence-electron chi connectivity index (χ3n) is 3.88. The van der Waals surface area contributed by atoms with E-state index in [1.165, 1.54) is 24.3 Å². The summed E-state index contributed by atoms with van der Waals surface area (Å²) in [6, 6.07) is 7.20. The van der Waals surface area contributed by atoms with Crippen molar-refractivity contribution in [2.75, 3.05) is 7.11 Å². The maximum atomic E-state index is 12.1. The number of methoxy groups -OCH3 is 1. The van der Waals surface area contributed by atoms with E-state index in [4.69, 9.17) is 9.47 Å². The lowest BCUT2D eigenvalue weighted by atomic mass is 9.84. The van der Waals surface area contributed by atoms with Gasteiger partial charge in [0.15, 0.2) is 5.60 Å². The van der Waals surface area contributed by atoms with Gasteiger partial charge in [0.05, 0.1) is 16.6 Å². The molecule has 2 rings (SSSR count). The number of benzene rings is 1. The lowest BCUT2D eigenvalue weighted by Crippen LogP contribution is -2.39. The van der Waals surface area contributed by atoms with Crippen LogP contribution in [0.25, 0.3) is 0 Å². The van der Waals surface area contributed by atoms with Gasteiger partial charge in [-0.05, 0) is 25.0 Å². The van der Waals surface area contributed by atoms with E-state index in [2.05, 4.69) is 6.07 Å². The normalized spacial score (nSPS) is 24.3. The zero-order valence-electron chi connectivity index (χ0n) is 12.2. The molecule has 22 heavy (non-hydrogen) atoms. The molecule has 7 nitrogen and oxygen atoms in total. The number of nitro benzene ring substituents is 1. The van der Waals surface area contributed by atoms with Gasteiger partial charge in [-0.15, -0.1) is 0 Å².